The third-order valence-corrected chi connectivity index (χ3v) is 2.61. The normalized spacial score (nSPS) is 10.2. The summed E-state index contributed by atoms with van der Waals surface area (Å²) in [7, 11) is 1.45. The van der Waals surface area contributed by atoms with Crippen LogP contribution in [-0.4, -0.2) is 13.0 Å². The van der Waals surface area contributed by atoms with E-state index in [-0.39, 0.29) is 0 Å². The topological polar surface area (TPSA) is 38.3 Å². The summed E-state index contributed by atoms with van der Waals surface area (Å²) < 4.78 is 44.3. The number of hydrogen-bond acceptors (Lipinski definition) is 2. The number of nitrogens with one attached hydrogen (secondary N) is 1. The second-order valence-electron chi connectivity index (χ2n) is 3.91. The first-order chi connectivity index (χ1) is 9.52. The maximum Gasteiger partial charge on any atom is 0.258 e. The number of rotatable bonds is 3. The van der Waals surface area contributed by atoms with Crippen LogP contribution in [0.25, 0.3) is 0 Å². The number of hydrogen-bond donors (Lipinski definition) is 1. The largest absolute Gasteiger partial charge is 0.497 e. The van der Waals surface area contributed by atoms with Crippen molar-refractivity contribution < 1.29 is 22.7 Å². The number of halogens is 3. The molecule has 20 heavy (non-hydrogen) atoms. The van der Waals surface area contributed by atoms with Crippen molar-refractivity contribution >= 4 is 11.6 Å². The average molecular weight is 281 g/mol. The van der Waals surface area contributed by atoms with Gasteiger partial charge < -0.3 is 10.1 Å². The number of ether oxygens (including phenoxy) is 1. The molecule has 0 saturated carbocycles. The lowest BCUT2D eigenvalue weighted by Crippen LogP contribution is -2.15. The molecule has 0 atom stereocenters. The van der Waals surface area contributed by atoms with E-state index < -0.39 is 28.9 Å². The van der Waals surface area contributed by atoms with Crippen molar-refractivity contribution in [2.75, 3.05) is 12.4 Å². The van der Waals surface area contributed by atoms with E-state index in [9.17, 15) is 18.0 Å². The summed E-state index contributed by atoms with van der Waals surface area (Å²) in [6, 6.07) is 7.92. The van der Waals surface area contributed by atoms with Crippen LogP contribution in [0.15, 0.2) is 36.4 Å². The van der Waals surface area contributed by atoms with Gasteiger partial charge in [-0.3, -0.25) is 4.79 Å². The molecule has 0 aliphatic rings. The quantitative estimate of drug-likeness (QED) is 0.876. The Hall–Kier alpha value is -2.50. The molecule has 3 nitrogen and oxygen atoms in total. The van der Waals surface area contributed by atoms with Crippen LogP contribution in [-0.2, 0) is 0 Å². The first kappa shape index (κ1) is 13.9. The molecule has 2 rings (SSSR count). The zero-order chi connectivity index (χ0) is 14.7. The highest BCUT2D eigenvalue weighted by molar-refractivity contribution is 6.04. The second-order valence-corrected chi connectivity index (χ2v) is 3.91. The van der Waals surface area contributed by atoms with Gasteiger partial charge >= 0.3 is 0 Å². The van der Waals surface area contributed by atoms with Crippen LogP contribution in [0.3, 0.4) is 0 Å². The maximum absolute atomic E-state index is 13.5. The SMILES string of the molecule is COc1cccc(NC(=O)c2ccc(F)c(F)c2F)c1. The fraction of sp³-hybridized carbons (Fsp3) is 0.0714. The van der Waals surface area contributed by atoms with Gasteiger partial charge in [-0.15, -0.1) is 0 Å². The molecule has 0 bridgehead atoms. The molecular weight excluding hydrogens is 271 g/mol. The summed E-state index contributed by atoms with van der Waals surface area (Å²) in [4.78, 5) is 11.8. The Labute approximate surface area is 113 Å². The molecule has 1 N–H and O–H groups in total. The molecule has 2 aromatic rings. The summed E-state index contributed by atoms with van der Waals surface area (Å²) in [6.45, 7) is 0. The van der Waals surface area contributed by atoms with Gasteiger partial charge in [-0.2, -0.15) is 0 Å². The molecule has 0 unspecified atom stereocenters. The minimum Gasteiger partial charge on any atom is -0.497 e. The summed E-state index contributed by atoms with van der Waals surface area (Å²) in [6.07, 6.45) is 0. The molecule has 2 aromatic carbocycles. The van der Waals surface area contributed by atoms with E-state index in [1.807, 2.05) is 0 Å². The van der Waals surface area contributed by atoms with Gasteiger partial charge in [-0.25, -0.2) is 13.2 Å². The lowest BCUT2D eigenvalue weighted by Gasteiger charge is -2.08. The number of amides is 1. The molecular formula is C14H10F3NO2. The van der Waals surface area contributed by atoms with Crippen LogP contribution in [0.1, 0.15) is 10.4 Å². The minimum atomic E-state index is -1.68. The van der Waals surface area contributed by atoms with Gasteiger partial charge in [0.1, 0.15) is 5.75 Å². The zero-order valence-corrected chi connectivity index (χ0v) is 10.4. The molecule has 1 amide bonds. The van der Waals surface area contributed by atoms with Crippen LogP contribution >= 0.6 is 0 Å². The van der Waals surface area contributed by atoms with Gasteiger partial charge in [0.2, 0.25) is 0 Å². The van der Waals surface area contributed by atoms with Gasteiger partial charge in [-0.1, -0.05) is 6.07 Å². The van der Waals surface area contributed by atoms with Crippen molar-refractivity contribution in [1.82, 2.24) is 0 Å². The predicted octanol–water partition coefficient (Wildman–Crippen LogP) is 3.36. The minimum absolute atomic E-state index is 0.346. The highest BCUT2D eigenvalue weighted by Crippen LogP contribution is 2.19. The Kier molecular flexibility index (Phi) is 3.93. The first-order valence-corrected chi connectivity index (χ1v) is 5.62. The predicted molar refractivity (Wildman–Crippen MR) is 67.3 cm³/mol. The Morgan fingerprint density at radius 2 is 1.85 bits per heavy atom. The van der Waals surface area contributed by atoms with Crippen molar-refractivity contribution in [1.29, 1.82) is 0 Å². The van der Waals surface area contributed by atoms with E-state index in [1.165, 1.54) is 13.2 Å². The smallest absolute Gasteiger partial charge is 0.258 e. The molecule has 0 aliphatic heterocycles. The lowest BCUT2D eigenvalue weighted by molar-refractivity contribution is 0.102. The number of methoxy groups -OCH3 is 1. The van der Waals surface area contributed by atoms with Gasteiger partial charge in [0.25, 0.3) is 5.91 Å². The van der Waals surface area contributed by atoms with Crippen LogP contribution in [0.4, 0.5) is 18.9 Å². The van der Waals surface area contributed by atoms with E-state index in [4.69, 9.17) is 4.74 Å². The van der Waals surface area contributed by atoms with Gasteiger partial charge in [0.05, 0.1) is 12.7 Å². The molecule has 0 fully saturated rings. The fourth-order valence-corrected chi connectivity index (χ4v) is 1.60. The third kappa shape index (κ3) is 2.74. The molecule has 0 radical (unpaired) electrons. The van der Waals surface area contributed by atoms with Gasteiger partial charge in [-0.05, 0) is 24.3 Å². The molecule has 0 saturated heterocycles. The van der Waals surface area contributed by atoms with Crippen LogP contribution < -0.4 is 10.1 Å². The van der Waals surface area contributed by atoms with E-state index in [2.05, 4.69) is 5.32 Å². The van der Waals surface area contributed by atoms with Crippen molar-refractivity contribution in [2.45, 2.75) is 0 Å². The van der Waals surface area contributed by atoms with E-state index in [0.717, 1.165) is 6.07 Å². The Morgan fingerprint density at radius 1 is 1.10 bits per heavy atom. The fourth-order valence-electron chi connectivity index (χ4n) is 1.60. The van der Waals surface area contributed by atoms with Crippen LogP contribution in [0, 0.1) is 17.5 Å². The van der Waals surface area contributed by atoms with Gasteiger partial charge in [0.15, 0.2) is 17.5 Å². The Balaban J connectivity index is 2.26. The standard InChI is InChI=1S/C14H10F3NO2/c1-20-9-4-2-3-8(7-9)18-14(19)10-5-6-11(15)13(17)12(10)16/h2-7H,1H3,(H,18,19). The molecule has 0 heterocycles. The molecule has 104 valence electrons. The maximum atomic E-state index is 13.5. The monoisotopic (exact) mass is 281 g/mol. The highest BCUT2D eigenvalue weighted by Gasteiger charge is 2.18. The lowest BCUT2D eigenvalue weighted by atomic mass is 10.1. The van der Waals surface area contributed by atoms with Crippen molar-refractivity contribution in [3.8, 4) is 5.75 Å². The average Bonchev–Trinajstić information content (AvgIpc) is 2.45. The van der Waals surface area contributed by atoms with E-state index in [1.54, 1.807) is 18.2 Å². The Morgan fingerprint density at radius 3 is 2.55 bits per heavy atom. The first-order valence-electron chi connectivity index (χ1n) is 5.62. The van der Waals surface area contributed by atoms with Crippen molar-refractivity contribution in [3.63, 3.8) is 0 Å². The summed E-state index contributed by atoms with van der Waals surface area (Å²) in [5.74, 6) is -4.93. The van der Waals surface area contributed by atoms with Crippen molar-refractivity contribution in [2.24, 2.45) is 0 Å². The highest BCUT2D eigenvalue weighted by atomic mass is 19.2. The molecule has 0 aromatic heterocycles. The number of anilines is 1. The number of benzene rings is 2. The second kappa shape index (κ2) is 5.64. The summed E-state index contributed by atoms with van der Waals surface area (Å²) in [5.41, 5.74) is -0.231. The van der Waals surface area contributed by atoms with Crippen LogP contribution in [0.2, 0.25) is 0 Å². The Bertz CT molecular complexity index is 659. The molecule has 0 aliphatic carbocycles. The third-order valence-electron chi connectivity index (χ3n) is 2.61. The summed E-state index contributed by atoms with van der Waals surface area (Å²) in [5, 5.41) is 2.37. The molecule has 0 spiro atoms. The van der Waals surface area contributed by atoms with E-state index in [0.29, 0.717) is 17.5 Å². The van der Waals surface area contributed by atoms with Crippen molar-refractivity contribution in [3.05, 3.63) is 59.4 Å². The number of carbonyl (C=O) groups is 1. The number of carbonyl (C=O) groups excluding carboxylic acids is 1. The van der Waals surface area contributed by atoms with Crippen LogP contribution in [0.5, 0.6) is 5.75 Å². The zero-order valence-electron chi connectivity index (χ0n) is 10.4. The van der Waals surface area contributed by atoms with E-state index >= 15 is 0 Å². The molecule has 6 heteroatoms. The summed E-state index contributed by atoms with van der Waals surface area (Å²) >= 11 is 0. The van der Waals surface area contributed by atoms with Gasteiger partial charge in [0, 0.05) is 11.8 Å².